The number of thioether (sulfide) groups is 1. The summed E-state index contributed by atoms with van der Waals surface area (Å²) in [5.74, 6) is -4.18. The first-order valence-corrected chi connectivity index (χ1v) is 17.3. The predicted octanol–water partition coefficient (Wildman–Crippen LogP) is 8.14. The Morgan fingerprint density at radius 1 is 0.980 bits per heavy atom. The van der Waals surface area contributed by atoms with Gasteiger partial charge in [0.25, 0.3) is 0 Å². The molecule has 1 aromatic heterocycles. The number of hydrogen-bond acceptors (Lipinski definition) is 9. The summed E-state index contributed by atoms with van der Waals surface area (Å²) in [6, 6.07) is 8.86. The lowest BCUT2D eigenvalue weighted by Crippen LogP contribution is -2.31. The minimum absolute atomic E-state index is 0.0246. The SMILES string of the molecule is C[C@H](OC(=O)c1cc(Oc2ccc(C(F)(F)F)cc2Cl)ccc1Cl)C(=O)O.O=C(O)CSc1cc(N=c2sc(=O)n3n2CCCC3)c(F)cc1Cl. The number of carboxylic acids is 2. The molecule has 51 heavy (non-hydrogen) atoms. The van der Waals surface area contributed by atoms with Gasteiger partial charge in [0, 0.05) is 18.0 Å². The molecule has 3 aromatic carbocycles. The predicted molar refractivity (Wildman–Crippen MR) is 181 cm³/mol. The van der Waals surface area contributed by atoms with E-state index >= 15 is 0 Å². The minimum Gasteiger partial charge on any atom is -0.481 e. The number of carboxylic acid groups (broad SMARTS) is 2. The number of nitrogens with zero attached hydrogens (tertiary/aromatic N) is 3. The van der Waals surface area contributed by atoms with E-state index in [1.807, 2.05) is 0 Å². The van der Waals surface area contributed by atoms with Crippen molar-refractivity contribution in [2.45, 2.75) is 50.0 Å². The summed E-state index contributed by atoms with van der Waals surface area (Å²) < 4.78 is 65.7. The van der Waals surface area contributed by atoms with Gasteiger partial charge < -0.3 is 19.7 Å². The Morgan fingerprint density at radius 3 is 2.29 bits per heavy atom. The molecule has 0 saturated carbocycles. The van der Waals surface area contributed by atoms with Crippen LogP contribution in [0, 0.1) is 5.82 Å². The van der Waals surface area contributed by atoms with Crippen molar-refractivity contribution < 1.29 is 51.6 Å². The van der Waals surface area contributed by atoms with Gasteiger partial charge in [0.2, 0.25) is 4.80 Å². The van der Waals surface area contributed by atoms with Gasteiger partial charge in [-0.3, -0.25) is 14.3 Å². The standard InChI is InChI=1S/C17H11Cl2F3O5.C14H13ClFN3O3S2/c1-8(15(23)24)26-16(25)11-7-10(3-4-12(11)18)27-14-5-2-9(6-13(14)19)17(20,21)22;15-8-5-9(16)10(6-11(8)23-7-12(20)21)17-13-18-3-1-2-4-19(18)14(22)24-13/h2-8H,1H3,(H,23,24);5-6H,1-4,7H2,(H,20,21)/t8-;/m0./s1. The number of benzene rings is 3. The zero-order chi connectivity index (χ0) is 37.6. The molecule has 5 rings (SSSR count). The van der Waals surface area contributed by atoms with Crippen molar-refractivity contribution in [3.8, 4) is 11.5 Å². The molecule has 0 unspecified atom stereocenters. The lowest BCUT2D eigenvalue weighted by atomic mass is 10.2. The molecule has 0 amide bonds. The molecule has 272 valence electrons. The number of carbonyl (C=O) groups excluding carboxylic acids is 1. The number of fused-ring (bicyclic) bond motifs is 1. The van der Waals surface area contributed by atoms with Crippen molar-refractivity contribution in [1.29, 1.82) is 0 Å². The van der Waals surface area contributed by atoms with Gasteiger partial charge in [-0.2, -0.15) is 13.2 Å². The molecule has 4 aromatic rings. The lowest BCUT2D eigenvalue weighted by Gasteiger charge is -2.15. The van der Waals surface area contributed by atoms with E-state index in [1.165, 1.54) is 18.2 Å². The number of esters is 1. The number of aliphatic carboxylic acids is 2. The van der Waals surface area contributed by atoms with E-state index < -0.39 is 41.6 Å². The highest BCUT2D eigenvalue weighted by atomic mass is 35.5. The summed E-state index contributed by atoms with van der Waals surface area (Å²) in [5, 5.41) is 17.4. The molecule has 0 radical (unpaired) electrons. The van der Waals surface area contributed by atoms with Crippen LogP contribution in [0.5, 0.6) is 11.5 Å². The van der Waals surface area contributed by atoms with Crippen molar-refractivity contribution in [3.63, 3.8) is 0 Å². The van der Waals surface area contributed by atoms with Crippen molar-refractivity contribution in [2.24, 2.45) is 4.99 Å². The molecule has 2 N–H and O–H groups in total. The van der Waals surface area contributed by atoms with Gasteiger partial charge in [-0.1, -0.05) is 34.8 Å². The van der Waals surface area contributed by atoms with Crippen LogP contribution in [0.15, 0.2) is 63.2 Å². The quantitative estimate of drug-likeness (QED) is 0.0971. The summed E-state index contributed by atoms with van der Waals surface area (Å²) in [5.41, 5.74) is -1.08. The van der Waals surface area contributed by atoms with E-state index in [2.05, 4.69) is 4.99 Å². The van der Waals surface area contributed by atoms with E-state index in [4.69, 9.17) is 54.5 Å². The van der Waals surface area contributed by atoms with Crippen molar-refractivity contribution in [2.75, 3.05) is 5.75 Å². The van der Waals surface area contributed by atoms with Gasteiger partial charge in [0.1, 0.15) is 23.0 Å². The maximum atomic E-state index is 14.2. The summed E-state index contributed by atoms with van der Waals surface area (Å²) in [4.78, 5) is 50.5. The number of ether oxygens (including phenoxy) is 2. The molecule has 0 fully saturated rings. The molecule has 11 nitrogen and oxygen atoms in total. The van der Waals surface area contributed by atoms with Crippen LogP contribution >= 0.6 is 57.9 Å². The summed E-state index contributed by atoms with van der Waals surface area (Å²) in [6.07, 6.45) is -4.09. The van der Waals surface area contributed by atoms with Gasteiger partial charge in [0.05, 0.1) is 31.9 Å². The van der Waals surface area contributed by atoms with Crippen molar-refractivity contribution >= 4 is 81.5 Å². The molecule has 0 saturated heterocycles. The molecule has 20 heteroatoms. The van der Waals surface area contributed by atoms with Crippen LogP contribution < -0.4 is 14.4 Å². The van der Waals surface area contributed by atoms with Crippen LogP contribution in [0.1, 0.15) is 35.7 Å². The molecule has 1 aliphatic rings. The van der Waals surface area contributed by atoms with Crippen LogP contribution in [0.4, 0.5) is 23.2 Å². The van der Waals surface area contributed by atoms with Gasteiger partial charge in [-0.05, 0) is 79.6 Å². The Hall–Kier alpha value is -4.03. The van der Waals surface area contributed by atoms with Crippen LogP contribution in [-0.2, 0) is 33.6 Å². The first-order valence-electron chi connectivity index (χ1n) is 14.4. The number of aromatic nitrogens is 2. The Labute approximate surface area is 308 Å². The average molecular weight is 813 g/mol. The van der Waals surface area contributed by atoms with E-state index in [0.29, 0.717) is 28.9 Å². The number of carbonyl (C=O) groups is 3. The zero-order valence-electron chi connectivity index (χ0n) is 25.9. The van der Waals surface area contributed by atoms with Crippen LogP contribution in [0.25, 0.3) is 0 Å². The number of halogens is 7. The Kier molecular flexibility index (Phi) is 13.2. The monoisotopic (exact) mass is 811 g/mol. The largest absolute Gasteiger partial charge is 0.481 e. The second-order valence-corrected chi connectivity index (χ2v) is 13.6. The van der Waals surface area contributed by atoms with E-state index in [0.717, 1.165) is 67.1 Å². The number of hydrogen-bond donors (Lipinski definition) is 2. The van der Waals surface area contributed by atoms with Crippen LogP contribution in [0.3, 0.4) is 0 Å². The van der Waals surface area contributed by atoms with Crippen LogP contribution in [0.2, 0.25) is 15.1 Å². The minimum atomic E-state index is -4.56. The highest BCUT2D eigenvalue weighted by Gasteiger charge is 2.31. The molecule has 2 heterocycles. The fourth-order valence-electron chi connectivity index (χ4n) is 4.26. The molecule has 1 aliphatic heterocycles. The van der Waals surface area contributed by atoms with Gasteiger partial charge in [0.15, 0.2) is 6.10 Å². The molecule has 0 bridgehead atoms. The third-order valence-electron chi connectivity index (χ3n) is 6.74. The third-order valence-corrected chi connectivity index (χ3v) is 9.70. The highest BCUT2D eigenvalue weighted by molar-refractivity contribution is 8.00. The maximum absolute atomic E-state index is 14.2. The second kappa shape index (κ2) is 17.0. The Morgan fingerprint density at radius 2 is 1.67 bits per heavy atom. The molecule has 1 atom stereocenters. The molecular formula is C31H24Cl3F4N3O8S2. The topological polar surface area (TPSA) is 149 Å². The zero-order valence-corrected chi connectivity index (χ0v) is 29.8. The summed E-state index contributed by atoms with van der Waals surface area (Å²) in [6.45, 7) is 2.46. The van der Waals surface area contributed by atoms with E-state index in [-0.39, 0.29) is 48.4 Å². The molecular weight excluding hydrogens is 789 g/mol. The third kappa shape index (κ3) is 10.5. The van der Waals surface area contributed by atoms with Crippen molar-refractivity contribution in [1.82, 2.24) is 9.36 Å². The molecule has 0 spiro atoms. The van der Waals surface area contributed by atoms with Crippen LogP contribution in [-0.4, -0.2) is 49.3 Å². The summed E-state index contributed by atoms with van der Waals surface area (Å²) >= 11 is 19.6. The van der Waals surface area contributed by atoms with E-state index in [1.54, 1.807) is 9.36 Å². The summed E-state index contributed by atoms with van der Waals surface area (Å²) in [7, 11) is 0. The maximum Gasteiger partial charge on any atom is 0.416 e. The Bertz CT molecular complexity index is 2100. The van der Waals surface area contributed by atoms with Gasteiger partial charge in [-0.25, -0.2) is 23.7 Å². The number of alkyl halides is 3. The fraction of sp³-hybridized carbons (Fsp3) is 0.258. The van der Waals surface area contributed by atoms with Gasteiger partial charge >= 0.3 is 29.0 Å². The smallest absolute Gasteiger partial charge is 0.416 e. The Balaban J connectivity index is 0.000000230. The number of rotatable bonds is 9. The van der Waals surface area contributed by atoms with Gasteiger partial charge in [-0.15, -0.1) is 11.8 Å². The fourth-order valence-corrected chi connectivity index (χ4v) is 6.55. The first-order chi connectivity index (χ1) is 23.9. The normalized spacial score (nSPS) is 13.5. The highest BCUT2D eigenvalue weighted by Crippen LogP contribution is 2.37. The second-order valence-electron chi connectivity index (χ2n) is 10.4. The van der Waals surface area contributed by atoms with Crippen molar-refractivity contribution in [3.05, 3.63) is 95.0 Å². The average Bonchev–Trinajstić information content (AvgIpc) is 3.37. The molecule has 0 aliphatic carbocycles. The van der Waals surface area contributed by atoms with E-state index in [9.17, 15) is 36.7 Å². The lowest BCUT2D eigenvalue weighted by molar-refractivity contribution is -0.146. The first kappa shape index (κ1) is 39.8.